The van der Waals surface area contributed by atoms with Crippen LogP contribution in [0, 0.1) is 0 Å². The molecule has 11 heteroatoms. The van der Waals surface area contributed by atoms with Crippen molar-refractivity contribution in [3.63, 3.8) is 0 Å². The molecule has 1 fully saturated rings. The summed E-state index contributed by atoms with van der Waals surface area (Å²) in [5.74, 6) is -2.10. The number of aliphatic carboxylic acids is 1. The third-order valence-electron chi connectivity index (χ3n) is 4.08. The first-order valence-corrected chi connectivity index (χ1v) is 8.17. The number of nitrogens with one attached hydrogen (secondary N) is 1. The lowest BCUT2D eigenvalue weighted by molar-refractivity contribution is -0.192. The molecule has 0 aliphatic carbocycles. The van der Waals surface area contributed by atoms with Gasteiger partial charge in [0.1, 0.15) is 0 Å². The molecule has 1 aliphatic heterocycles. The van der Waals surface area contributed by atoms with E-state index in [2.05, 4.69) is 37.7 Å². The maximum atomic E-state index is 10.6. The van der Waals surface area contributed by atoms with Gasteiger partial charge >= 0.3 is 12.1 Å². The molecule has 2 heterocycles. The second-order valence-electron chi connectivity index (χ2n) is 5.92. The van der Waals surface area contributed by atoms with Gasteiger partial charge in [-0.05, 0) is 30.2 Å². The highest BCUT2D eigenvalue weighted by atomic mass is 19.4. The van der Waals surface area contributed by atoms with E-state index in [-0.39, 0.29) is 0 Å². The van der Waals surface area contributed by atoms with Gasteiger partial charge in [-0.25, -0.2) is 4.79 Å². The van der Waals surface area contributed by atoms with Crippen molar-refractivity contribution in [1.82, 2.24) is 25.5 Å². The first-order chi connectivity index (χ1) is 12.8. The fourth-order valence-corrected chi connectivity index (χ4v) is 2.86. The van der Waals surface area contributed by atoms with E-state index in [0.717, 1.165) is 25.3 Å². The van der Waals surface area contributed by atoms with Crippen LogP contribution in [0.1, 0.15) is 18.4 Å². The number of H-pyrrole nitrogens is 1. The van der Waals surface area contributed by atoms with Gasteiger partial charge in [-0.2, -0.15) is 18.4 Å². The maximum Gasteiger partial charge on any atom is 0.490 e. The molecule has 0 unspecified atom stereocenters. The summed E-state index contributed by atoms with van der Waals surface area (Å²) in [5, 5.41) is 21.5. The van der Waals surface area contributed by atoms with Crippen molar-refractivity contribution in [3.05, 3.63) is 29.8 Å². The molecule has 8 nitrogen and oxygen atoms in total. The minimum atomic E-state index is -5.08. The number of carbonyl (C=O) groups is 1. The number of benzene rings is 1. The van der Waals surface area contributed by atoms with Crippen LogP contribution in [0.15, 0.2) is 24.3 Å². The summed E-state index contributed by atoms with van der Waals surface area (Å²) in [6, 6.07) is 8.75. The number of likely N-dealkylation sites (tertiary alicyclic amines) is 1. The van der Waals surface area contributed by atoms with Crippen LogP contribution < -0.4 is 0 Å². The largest absolute Gasteiger partial charge is 0.490 e. The molecular weight excluding hydrogens is 367 g/mol. The third-order valence-corrected chi connectivity index (χ3v) is 4.08. The molecule has 0 spiro atoms. The number of hydrogen-bond donors (Lipinski definition) is 2. The number of nitrogens with zero attached hydrogens (tertiary/aromatic N) is 4. The number of aromatic amines is 1. The molecule has 1 aliphatic rings. The van der Waals surface area contributed by atoms with Crippen LogP contribution in [0.4, 0.5) is 13.2 Å². The number of hydrogen-bond acceptors (Lipinski definition) is 6. The molecule has 2 N–H and O–H groups in total. The molecular formula is C16H20F3N5O3. The Morgan fingerprint density at radius 2 is 2.11 bits per heavy atom. The summed E-state index contributed by atoms with van der Waals surface area (Å²) in [6.45, 7) is 2.82. The van der Waals surface area contributed by atoms with Gasteiger partial charge in [0, 0.05) is 25.3 Å². The van der Waals surface area contributed by atoms with Crippen LogP contribution in [0.5, 0.6) is 0 Å². The normalized spacial score (nSPS) is 17.4. The fourth-order valence-electron chi connectivity index (χ4n) is 2.86. The van der Waals surface area contributed by atoms with E-state index in [0.29, 0.717) is 11.9 Å². The van der Waals surface area contributed by atoms with Crippen LogP contribution in [0.2, 0.25) is 0 Å². The summed E-state index contributed by atoms with van der Waals surface area (Å²) in [6.07, 6.45) is -2.64. The van der Waals surface area contributed by atoms with Crippen molar-refractivity contribution in [2.24, 2.45) is 0 Å². The van der Waals surface area contributed by atoms with Gasteiger partial charge in [0.25, 0.3) is 0 Å². The Bertz CT molecular complexity index is 724. The smallest absolute Gasteiger partial charge is 0.475 e. The molecule has 2 aromatic rings. The lowest BCUT2D eigenvalue weighted by Gasteiger charge is -2.24. The molecule has 1 atom stereocenters. The summed E-state index contributed by atoms with van der Waals surface area (Å²) in [7, 11) is 1.77. The molecule has 0 saturated carbocycles. The Hall–Kier alpha value is -2.53. The Balaban J connectivity index is 0.000000321. The predicted molar refractivity (Wildman–Crippen MR) is 88.6 cm³/mol. The number of aromatic nitrogens is 4. The number of halogens is 3. The summed E-state index contributed by atoms with van der Waals surface area (Å²) in [5.41, 5.74) is 2.28. The molecule has 0 bridgehead atoms. The Morgan fingerprint density at radius 3 is 2.70 bits per heavy atom. The zero-order valence-electron chi connectivity index (χ0n) is 14.6. The number of rotatable bonds is 5. The molecule has 0 radical (unpaired) electrons. The summed E-state index contributed by atoms with van der Waals surface area (Å²) in [4.78, 5) is 11.4. The van der Waals surface area contributed by atoms with Crippen LogP contribution in [-0.4, -0.2) is 69.1 Å². The van der Waals surface area contributed by atoms with E-state index in [1.807, 2.05) is 12.1 Å². The van der Waals surface area contributed by atoms with Crippen LogP contribution in [0.25, 0.3) is 11.4 Å². The number of carboxylic acid groups (broad SMARTS) is 1. The minimum Gasteiger partial charge on any atom is -0.475 e. The lowest BCUT2D eigenvalue weighted by atomic mass is 10.1. The number of tetrazole rings is 1. The van der Waals surface area contributed by atoms with E-state index >= 15 is 0 Å². The number of ether oxygens (including phenoxy) is 1. The molecule has 1 aromatic heterocycles. The minimum absolute atomic E-state index is 0.512. The number of carboxylic acids is 1. The van der Waals surface area contributed by atoms with Crippen molar-refractivity contribution in [2.75, 3.05) is 20.3 Å². The van der Waals surface area contributed by atoms with Crippen LogP contribution in [-0.2, 0) is 16.1 Å². The Kier molecular flexibility index (Phi) is 7.25. The van der Waals surface area contributed by atoms with Gasteiger partial charge in [-0.3, -0.25) is 4.90 Å². The maximum absolute atomic E-state index is 10.6. The van der Waals surface area contributed by atoms with Crippen LogP contribution >= 0.6 is 0 Å². The van der Waals surface area contributed by atoms with Crippen molar-refractivity contribution >= 4 is 5.97 Å². The predicted octanol–water partition coefficient (Wildman–Crippen LogP) is 2.11. The first kappa shape index (κ1) is 20.8. The lowest BCUT2D eigenvalue weighted by Crippen LogP contribution is -2.32. The van der Waals surface area contributed by atoms with Gasteiger partial charge in [0.15, 0.2) is 0 Å². The quantitative estimate of drug-likeness (QED) is 0.810. The summed E-state index contributed by atoms with van der Waals surface area (Å²) < 4.78 is 37.1. The zero-order chi connectivity index (χ0) is 19.9. The molecule has 1 saturated heterocycles. The number of alkyl halides is 3. The average molecular weight is 387 g/mol. The Labute approximate surface area is 153 Å². The second-order valence-corrected chi connectivity index (χ2v) is 5.92. The number of methoxy groups -OCH3 is 1. The van der Waals surface area contributed by atoms with Gasteiger partial charge in [-0.15, -0.1) is 10.2 Å². The van der Waals surface area contributed by atoms with Gasteiger partial charge in [-0.1, -0.05) is 24.3 Å². The molecule has 3 rings (SSSR count). The van der Waals surface area contributed by atoms with Crippen LogP contribution in [0.3, 0.4) is 0 Å². The molecule has 1 aromatic carbocycles. The van der Waals surface area contributed by atoms with Crippen molar-refractivity contribution < 1.29 is 27.8 Å². The average Bonchev–Trinajstić information content (AvgIpc) is 3.28. The van der Waals surface area contributed by atoms with Gasteiger partial charge in [0.05, 0.1) is 6.61 Å². The van der Waals surface area contributed by atoms with Crippen molar-refractivity contribution in [2.45, 2.75) is 31.6 Å². The fraction of sp³-hybridized carbons (Fsp3) is 0.500. The van der Waals surface area contributed by atoms with E-state index in [1.165, 1.54) is 18.4 Å². The summed E-state index contributed by atoms with van der Waals surface area (Å²) >= 11 is 0. The van der Waals surface area contributed by atoms with Crippen molar-refractivity contribution in [3.8, 4) is 11.4 Å². The standard InChI is InChI=1S/C14H19N5O.C2HF3O2/c1-20-10-12-6-4-8-19(12)9-11-5-2-3-7-13(11)14-15-17-18-16-14;3-2(4,5)1(6)7/h2-3,5,7,12H,4,6,8-10H2,1H3,(H,15,16,17,18);(H,6,7)/t12-;/m0./s1. The molecule has 27 heavy (non-hydrogen) atoms. The highest BCUT2D eigenvalue weighted by Crippen LogP contribution is 2.25. The highest BCUT2D eigenvalue weighted by Gasteiger charge is 2.38. The van der Waals surface area contributed by atoms with Gasteiger partial charge < -0.3 is 9.84 Å². The van der Waals surface area contributed by atoms with E-state index in [1.54, 1.807) is 7.11 Å². The topological polar surface area (TPSA) is 104 Å². The zero-order valence-corrected chi connectivity index (χ0v) is 14.6. The molecule has 148 valence electrons. The van der Waals surface area contributed by atoms with Gasteiger partial charge in [0.2, 0.25) is 5.82 Å². The second kappa shape index (κ2) is 9.42. The highest BCUT2D eigenvalue weighted by molar-refractivity contribution is 5.73. The van der Waals surface area contributed by atoms with Crippen molar-refractivity contribution in [1.29, 1.82) is 0 Å². The third kappa shape index (κ3) is 6.00. The monoisotopic (exact) mass is 387 g/mol. The van der Waals surface area contributed by atoms with E-state index < -0.39 is 12.1 Å². The van der Waals surface area contributed by atoms with E-state index in [9.17, 15) is 13.2 Å². The Morgan fingerprint density at radius 1 is 1.41 bits per heavy atom. The molecule has 0 amide bonds. The van der Waals surface area contributed by atoms with E-state index in [4.69, 9.17) is 14.6 Å². The first-order valence-electron chi connectivity index (χ1n) is 8.17. The SMILES string of the molecule is COC[C@@H]1CCCN1Cc1ccccc1-c1nn[nH]n1.O=C(O)C(F)(F)F.